The summed E-state index contributed by atoms with van der Waals surface area (Å²) >= 11 is 0. The third-order valence-electron chi connectivity index (χ3n) is 2.58. The highest BCUT2D eigenvalue weighted by molar-refractivity contribution is 5.77. The first kappa shape index (κ1) is 17.4. The van der Waals surface area contributed by atoms with Crippen LogP contribution in [0.4, 0.5) is 0 Å². The van der Waals surface area contributed by atoms with Crippen molar-refractivity contribution in [3.05, 3.63) is 24.0 Å². The van der Waals surface area contributed by atoms with Crippen LogP contribution in [0.15, 0.2) is 18.3 Å². The minimum Gasteiger partial charge on any atom is -0.482 e. The molecule has 1 heterocycles. The van der Waals surface area contributed by atoms with Gasteiger partial charge in [-0.1, -0.05) is 0 Å². The summed E-state index contributed by atoms with van der Waals surface area (Å²) in [5.74, 6) is 0.384. The van der Waals surface area contributed by atoms with Crippen LogP contribution in [0.2, 0.25) is 0 Å². The monoisotopic (exact) mass is 297 g/mol. The predicted octanol–water partition coefficient (Wildman–Crippen LogP) is -0.0410. The molecule has 7 nitrogen and oxygen atoms in total. The maximum atomic E-state index is 11.4. The van der Waals surface area contributed by atoms with Gasteiger partial charge in [0.05, 0.1) is 25.1 Å². The number of nitrogens with zero attached hydrogens (tertiary/aromatic N) is 1. The van der Waals surface area contributed by atoms with Gasteiger partial charge in [-0.3, -0.25) is 9.78 Å². The molecule has 1 aromatic heterocycles. The third-order valence-corrected chi connectivity index (χ3v) is 2.58. The molecule has 0 aliphatic heterocycles. The lowest BCUT2D eigenvalue weighted by atomic mass is 10.3. The van der Waals surface area contributed by atoms with Crippen molar-refractivity contribution >= 4 is 5.91 Å². The first-order valence-electron chi connectivity index (χ1n) is 6.79. The summed E-state index contributed by atoms with van der Waals surface area (Å²) in [6.45, 7) is 3.04. The third kappa shape index (κ3) is 8.23. The van der Waals surface area contributed by atoms with Crippen LogP contribution in [0.5, 0.6) is 5.75 Å². The van der Waals surface area contributed by atoms with Crippen molar-refractivity contribution in [1.29, 1.82) is 0 Å². The smallest absolute Gasteiger partial charge is 0.258 e. The minimum atomic E-state index is -0.183. The van der Waals surface area contributed by atoms with Gasteiger partial charge in [0.1, 0.15) is 5.75 Å². The van der Waals surface area contributed by atoms with E-state index in [0.29, 0.717) is 32.1 Å². The molecule has 7 heteroatoms. The Balaban J connectivity index is 2.22. The van der Waals surface area contributed by atoms with Crippen molar-refractivity contribution < 1.29 is 19.0 Å². The molecular weight excluding hydrogens is 274 g/mol. The van der Waals surface area contributed by atoms with E-state index in [9.17, 15) is 4.79 Å². The quantitative estimate of drug-likeness (QED) is 0.558. The average molecular weight is 297 g/mol. The van der Waals surface area contributed by atoms with Gasteiger partial charge >= 0.3 is 0 Å². The summed E-state index contributed by atoms with van der Waals surface area (Å²) in [5, 5.41) is 5.87. The normalized spacial score (nSPS) is 10.4. The van der Waals surface area contributed by atoms with Gasteiger partial charge in [-0.05, 0) is 12.1 Å². The molecular formula is C14H23N3O4. The second-order valence-electron chi connectivity index (χ2n) is 4.29. The van der Waals surface area contributed by atoms with E-state index in [1.165, 1.54) is 0 Å². The number of carbonyl (C=O) groups is 1. The number of nitrogens with one attached hydrogen (secondary N) is 2. The first-order valence-corrected chi connectivity index (χ1v) is 6.79. The van der Waals surface area contributed by atoms with E-state index >= 15 is 0 Å². The van der Waals surface area contributed by atoms with E-state index in [0.717, 1.165) is 12.2 Å². The summed E-state index contributed by atoms with van der Waals surface area (Å²) in [7, 11) is 3.25. The van der Waals surface area contributed by atoms with Crippen LogP contribution < -0.4 is 15.4 Å². The summed E-state index contributed by atoms with van der Waals surface area (Å²) in [5.41, 5.74) is 0.906. The fourth-order valence-electron chi connectivity index (χ4n) is 1.48. The Morgan fingerprint density at radius 1 is 1.19 bits per heavy atom. The lowest BCUT2D eigenvalue weighted by Gasteiger charge is -2.08. The van der Waals surface area contributed by atoms with Crippen LogP contribution in [-0.4, -0.2) is 58.0 Å². The number of rotatable bonds is 11. The number of amides is 1. The van der Waals surface area contributed by atoms with E-state index in [2.05, 4.69) is 15.6 Å². The van der Waals surface area contributed by atoms with Crippen molar-refractivity contribution in [2.75, 3.05) is 47.1 Å². The highest BCUT2D eigenvalue weighted by atomic mass is 16.5. The highest BCUT2D eigenvalue weighted by Gasteiger charge is 2.02. The maximum Gasteiger partial charge on any atom is 0.258 e. The standard InChI is InChI=1S/C14H23N3O4/c1-19-7-5-15-9-12-3-4-13(10-17-12)21-11-14(18)16-6-8-20-2/h3-4,10,15H,5-9,11H2,1-2H3,(H,16,18). The van der Waals surface area contributed by atoms with Crippen LogP contribution in [0.25, 0.3) is 0 Å². The number of methoxy groups -OCH3 is 2. The van der Waals surface area contributed by atoms with Crippen LogP contribution in [0, 0.1) is 0 Å². The highest BCUT2D eigenvalue weighted by Crippen LogP contribution is 2.08. The summed E-state index contributed by atoms with van der Waals surface area (Å²) in [6.07, 6.45) is 1.61. The molecule has 0 atom stereocenters. The average Bonchev–Trinajstić information content (AvgIpc) is 2.51. The minimum absolute atomic E-state index is 0.0309. The molecule has 21 heavy (non-hydrogen) atoms. The molecule has 0 aromatic carbocycles. The van der Waals surface area contributed by atoms with Gasteiger partial charge in [0.2, 0.25) is 0 Å². The maximum absolute atomic E-state index is 11.4. The van der Waals surface area contributed by atoms with E-state index in [1.54, 1.807) is 26.5 Å². The van der Waals surface area contributed by atoms with E-state index in [-0.39, 0.29) is 12.5 Å². The Kier molecular flexibility index (Phi) is 9.10. The zero-order valence-electron chi connectivity index (χ0n) is 12.6. The van der Waals surface area contributed by atoms with Gasteiger partial charge in [-0.2, -0.15) is 0 Å². The van der Waals surface area contributed by atoms with Gasteiger partial charge in [-0.25, -0.2) is 0 Å². The molecule has 0 saturated carbocycles. The molecule has 0 saturated heterocycles. The molecule has 0 unspecified atom stereocenters. The molecule has 1 rings (SSSR count). The predicted molar refractivity (Wildman–Crippen MR) is 78.2 cm³/mol. The number of pyridine rings is 1. The fraction of sp³-hybridized carbons (Fsp3) is 0.571. The van der Waals surface area contributed by atoms with Crippen molar-refractivity contribution in [2.45, 2.75) is 6.54 Å². The lowest BCUT2D eigenvalue weighted by Crippen LogP contribution is -2.31. The van der Waals surface area contributed by atoms with Crippen LogP contribution in [0.1, 0.15) is 5.69 Å². The summed E-state index contributed by atoms with van der Waals surface area (Å²) in [6, 6.07) is 3.65. The molecule has 118 valence electrons. The van der Waals surface area contributed by atoms with Gasteiger partial charge in [0, 0.05) is 33.9 Å². The fourth-order valence-corrected chi connectivity index (χ4v) is 1.48. The largest absolute Gasteiger partial charge is 0.482 e. The number of ether oxygens (including phenoxy) is 3. The molecule has 0 radical (unpaired) electrons. The number of hydrogen-bond donors (Lipinski definition) is 2. The van der Waals surface area contributed by atoms with Gasteiger partial charge in [-0.15, -0.1) is 0 Å². The van der Waals surface area contributed by atoms with Gasteiger partial charge < -0.3 is 24.8 Å². The SMILES string of the molecule is COCCNCc1ccc(OCC(=O)NCCOC)cn1. The molecule has 0 bridgehead atoms. The van der Waals surface area contributed by atoms with Crippen molar-refractivity contribution in [2.24, 2.45) is 0 Å². The van der Waals surface area contributed by atoms with Crippen molar-refractivity contribution in [3.8, 4) is 5.75 Å². The zero-order valence-corrected chi connectivity index (χ0v) is 12.6. The zero-order chi connectivity index (χ0) is 15.3. The number of carbonyl (C=O) groups excluding carboxylic acids is 1. The number of hydrogen-bond acceptors (Lipinski definition) is 6. The van der Waals surface area contributed by atoms with Crippen LogP contribution >= 0.6 is 0 Å². The Morgan fingerprint density at radius 3 is 2.62 bits per heavy atom. The second kappa shape index (κ2) is 11.0. The van der Waals surface area contributed by atoms with Crippen molar-refractivity contribution in [1.82, 2.24) is 15.6 Å². The Bertz CT molecular complexity index is 398. The summed E-state index contributed by atoms with van der Waals surface area (Å²) in [4.78, 5) is 15.7. The van der Waals surface area contributed by atoms with E-state index < -0.39 is 0 Å². The topological polar surface area (TPSA) is 81.7 Å². The van der Waals surface area contributed by atoms with E-state index in [4.69, 9.17) is 14.2 Å². The molecule has 1 aromatic rings. The molecule has 0 aliphatic rings. The Hall–Kier alpha value is -1.70. The molecule has 2 N–H and O–H groups in total. The second-order valence-corrected chi connectivity index (χ2v) is 4.29. The lowest BCUT2D eigenvalue weighted by molar-refractivity contribution is -0.123. The van der Waals surface area contributed by atoms with Crippen molar-refractivity contribution in [3.63, 3.8) is 0 Å². The van der Waals surface area contributed by atoms with Crippen LogP contribution in [0.3, 0.4) is 0 Å². The molecule has 0 spiro atoms. The van der Waals surface area contributed by atoms with E-state index in [1.807, 2.05) is 6.07 Å². The first-order chi connectivity index (χ1) is 10.3. The van der Waals surface area contributed by atoms with Crippen LogP contribution in [-0.2, 0) is 20.8 Å². The molecule has 0 aliphatic carbocycles. The Labute approximate surface area is 125 Å². The molecule has 0 fully saturated rings. The Morgan fingerprint density at radius 2 is 1.95 bits per heavy atom. The summed E-state index contributed by atoms with van der Waals surface area (Å²) < 4.78 is 15.1. The number of aromatic nitrogens is 1. The van der Waals surface area contributed by atoms with Gasteiger partial charge in [0.25, 0.3) is 5.91 Å². The van der Waals surface area contributed by atoms with Gasteiger partial charge in [0.15, 0.2) is 6.61 Å². The molecule has 1 amide bonds.